The van der Waals surface area contributed by atoms with Crippen molar-refractivity contribution < 1.29 is 18.0 Å². The van der Waals surface area contributed by atoms with Crippen molar-refractivity contribution in [1.82, 2.24) is 0 Å². The smallest absolute Gasteiger partial charge is 0.299 e. The normalized spacial score (nSPS) is 12.6. The molecular formula is C14H17F3O. The van der Waals surface area contributed by atoms with Gasteiger partial charge in [0.25, 0.3) is 0 Å². The van der Waals surface area contributed by atoms with Gasteiger partial charge in [0.1, 0.15) is 5.78 Å². The third-order valence-electron chi connectivity index (χ3n) is 2.76. The second kappa shape index (κ2) is 5.12. The van der Waals surface area contributed by atoms with E-state index in [2.05, 4.69) is 0 Å². The van der Waals surface area contributed by atoms with Gasteiger partial charge in [0.2, 0.25) is 0 Å². The fourth-order valence-electron chi connectivity index (χ4n) is 1.49. The molecule has 0 saturated carbocycles. The Bertz CT molecular complexity index is 410. The van der Waals surface area contributed by atoms with Gasteiger partial charge in [-0.25, -0.2) is 0 Å². The Kier molecular flexibility index (Phi) is 4.20. The maximum absolute atomic E-state index is 12.3. The zero-order chi connectivity index (χ0) is 14.0. The molecule has 0 aromatic heterocycles. The molecule has 0 bridgehead atoms. The standard InChI is InChI=1S/C14H17F3O/c1-13(2,3)12(18)9-6-10-4-7-11(8-5-10)14(15,16)17/h4-5,7-8H,6,9H2,1-3H3. The number of ketones is 1. The van der Waals surface area contributed by atoms with Crippen LogP contribution in [0.2, 0.25) is 0 Å². The van der Waals surface area contributed by atoms with Crippen LogP contribution in [0.3, 0.4) is 0 Å². The summed E-state index contributed by atoms with van der Waals surface area (Å²) in [6.45, 7) is 5.51. The van der Waals surface area contributed by atoms with Gasteiger partial charge in [-0.05, 0) is 24.1 Å². The Hall–Kier alpha value is -1.32. The van der Waals surface area contributed by atoms with Gasteiger partial charge in [0.05, 0.1) is 5.56 Å². The second-order valence-electron chi connectivity index (χ2n) is 5.37. The van der Waals surface area contributed by atoms with Crippen molar-refractivity contribution in [1.29, 1.82) is 0 Å². The van der Waals surface area contributed by atoms with Crippen LogP contribution in [-0.4, -0.2) is 5.78 Å². The molecule has 1 aromatic rings. The molecule has 1 aromatic carbocycles. The number of hydrogen-bond donors (Lipinski definition) is 0. The molecule has 1 nitrogen and oxygen atoms in total. The lowest BCUT2D eigenvalue weighted by atomic mass is 9.87. The van der Waals surface area contributed by atoms with Gasteiger partial charge in [-0.1, -0.05) is 32.9 Å². The quantitative estimate of drug-likeness (QED) is 0.792. The summed E-state index contributed by atoms with van der Waals surface area (Å²) in [6.07, 6.45) is -3.47. The Balaban J connectivity index is 2.63. The summed E-state index contributed by atoms with van der Waals surface area (Å²) < 4.78 is 37.0. The molecule has 0 aliphatic heterocycles. The number of rotatable bonds is 3. The minimum Gasteiger partial charge on any atom is -0.299 e. The van der Waals surface area contributed by atoms with Crippen molar-refractivity contribution in [3.63, 3.8) is 0 Å². The van der Waals surface area contributed by atoms with Crippen molar-refractivity contribution in [2.75, 3.05) is 0 Å². The van der Waals surface area contributed by atoms with Gasteiger partial charge in [0.15, 0.2) is 0 Å². The van der Waals surface area contributed by atoms with Crippen molar-refractivity contribution in [2.24, 2.45) is 5.41 Å². The number of halogens is 3. The van der Waals surface area contributed by atoms with Gasteiger partial charge in [0, 0.05) is 11.8 Å². The van der Waals surface area contributed by atoms with Gasteiger partial charge in [-0.15, -0.1) is 0 Å². The first-order chi connectivity index (χ1) is 8.10. The second-order valence-corrected chi connectivity index (χ2v) is 5.37. The maximum atomic E-state index is 12.3. The number of carbonyl (C=O) groups is 1. The number of carbonyl (C=O) groups excluding carboxylic acids is 1. The van der Waals surface area contributed by atoms with E-state index in [1.54, 1.807) is 0 Å². The Morgan fingerprint density at radius 3 is 1.94 bits per heavy atom. The highest BCUT2D eigenvalue weighted by molar-refractivity contribution is 5.83. The number of aryl methyl sites for hydroxylation is 1. The van der Waals surface area contributed by atoms with Crippen LogP contribution in [0.1, 0.15) is 38.3 Å². The predicted octanol–water partition coefficient (Wildman–Crippen LogP) is 4.25. The molecule has 0 N–H and O–H groups in total. The summed E-state index contributed by atoms with van der Waals surface area (Å²) in [6, 6.07) is 4.96. The van der Waals surface area contributed by atoms with Crippen molar-refractivity contribution in [3.8, 4) is 0 Å². The van der Waals surface area contributed by atoms with E-state index in [1.165, 1.54) is 12.1 Å². The van der Waals surface area contributed by atoms with E-state index in [0.29, 0.717) is 12.8 Å². The molecule has 0 aliphatic rings. The summed E-state index contributed by atoms with van der Waals surface area (Å²) in [5, 5.41) is 0. The van der Waals surface area contributed by atoms with E-state index in [0.717, 1.165) is 17.7 Å². The zero-order valence-electron chi connectivity index (χ0n) is 10.8. The molecule has 1 rings (SSSR count). The molecule has 0 spiro atoms. The van der Waals surface area contributed by atoms with Crippen LogP contribution in [0.25, 0.3) is 0 Å². The fraction of sp³-hybridized carbons (Fsp3) is 0.500. The highest BCUT2D eigenvalue weighted by Crippen LogP contribution is 2.29. The summed E-state index contributed by atoms with van der Waals surface area (Å²) in [4.78, 5) is 11.7. The fourth-order valence-corrected chi connectivity index (χ4v) is 1.49. The molecular weight excluding hydrogens is 241 g/mol. The van der Waals surface area contributed by atoms with E-state index in [4.69, 9.17) is 0 Å². The number of Topliss-reactive ketones (excluding diaryl/α,β-unsaturated/α-hetero) is 1. The van der Waals surface area contributed by atoms with Crippen LogP contribution in [0.4, 0.5) is 13.2 Å². The maximum Gasteiger partial charge on any atom is 0.416 e. The average molecular weight is 258 g/mol. The van der Waals surface area contributed by atoms with E-state index in [9.17, 15) is 18.0 Å². The van der Waals surface area contributed by atoms with Crippen molar-refractivity contribution >= 4 is 5.78 Å². The summed E-state index contributed by atoms with van der Waals surface area (Å²) >= 11 is 0. The van der Waals surface area contributed by atoms with E-state index in [1.807, 2.05) is 20.8 Å². The SMILES string of the molecule is CC(C)(C)C(=O)CCc1ccc(C(F)(F)F)cc1. The van der Waals surface area contributed by atoms with Crippen LogP contribution in [-0.2, 0) is 17.4 Å². The van der Waals surface area contributed by atoms with Gasteiger partial charge < -0.3 is 0 Å². The first-order valence-corrected chi connectivity index (χ1v) is 5.80. The van der Waals surface area contributed by atoms with Crippen LogP contribution in [0.5, 0.6) is 0 Å². The molecule has 0 saturated heterocycles. The molecule has 0 amide bonds. The molecule has 4 heteroatoms. The van der Waals surface area contributed by atoms with E-state index >= 15 is 0 Å². The number of alkyl halides is 3. The highest BCUT2D eigenvalue weighted by atomic mass is 19.4. The topological polar surface area (TPSA) is 17.1 Å². The minimum absolute atomic E-state index is 0.113. The largest absolute Gasteiger partial charge is 0.416 e. The molecule has 0 heterocycles. The summed E-state index contributed by atoms with van der Waals surface area (Å²) in [5.41, 5.74) is -0.305. The average Bonchev–Trinajstić information content (AvgIpc) is 2.24. The molecule has 0 fully saturated rings. The molecule has 0 unspecified atom stereocenters. The monoisotopic (exact) mass is 258 g/mol. The molecule has 18 heavy (non-hydrogen) atoms. The van der Waals surface area contributed by atoms with E-state index in [-0.39, 0.29) is 5.78 Å². The predicted molar refractivity (Wildman–Crippen MR) is 64.2 cm³/mol. The summed E-state index contributed by atoms with van der Waals surface area (Å²) in [7, 11) is 0. The lowest BCUT2D eigenvalue weighted by Gasteiger charge is -2.16. The lowest BCUT2D eigenvalue weighted by Crippen LogP contribution is -2.20. The zero-order valence-corrected chi connectivity index (χ0v) is 10.8. The molecule has 0 aliphatic carbocycles. The van der Waals surface area contributed by atoms with Crippen LogP contribution >= 0.6 is 0 Å². The highest BCUT2D eigenvalue weighted by Gasteiger charge is 2.30. The number of hydrogen-bond acceptors (Lipinski definition) is 1. The third-order valence-corrected chi connectivity index (χ3v) is 2.76. The van der Waals surface area contributed by atoms with Gasteiger partial charge in [-0.2, -0.15) is 13.2 Å². The van der Waals surface area contributed by atoms with Crippen LogP contribution < -0.4 is 0 Å². The minimum atomic E-state index is -4.31. The Morgan fingerprint density at radius 2 is 1.56 bits per heavy atom. The van der Waals surface area contributed by atoms with Gasteiger partial charge in [-0.3, -0.25) is 4.79 Å². The molecule has 0 radical (unpaired) electrons. The lowest BCUT2D eigenvalue weighted by molar-refractivity contribution is -0.137. The molecule has 100 valence electrons. The first kappa shape index (κ1) is 14.7. The summed E-state index contributed by atoms with van der Waals surface area (Å²) in [5.74, 6) is 0.113. The Labute approximate surface area is 105 Å². The van der Waals surface area contributed by atoms with Gasteiger partial charge >= 0.3 is 6.18 Å². The molecule has 0 atom stereocenters. The van der Waals surface area contributed by atoms with Crippen molar-refractivity contribution in [3.05, 3.63) is 35.4 Å². The first-order valence-electron chi connectivity index (χ1n) is 5.80. The number of benzene rings is 1. The van der Waals surface area contributed by atoms with Crippen LogP contribution in [0.15, 0.2) is 24.3 Å². The Morgan fingerprint density at radius 1 is 1.06 bits per heavy atom. The van der Waals surface area contributed by atoms with E-state index < -0.39 is 17.2 Å². The van der Waals surface area contributed by atoms with Crippen LogP contribution in [0, 0.1) is 5.41 Å². The third kappa shape index (κ3) is 4.17. The van der Waals surface area contributed by atoms with Crippen molar-refractivity contribution in [2.45, 2.75) is 39.8 Å².